The number of nitrogens with one attached hydrogen (secondary N) is 2. The first-order chi connectivity index (χ1) is 11.8. The number of aliphatic imine (C=N–C) groups is 1. The average molecular weight is 350 g/mol. The summed E-state index contributed by atoms with van der Waals surface area (Å²) >= 11 is 1.84. The Kier molecular flexibility index (Phi) is 6.37. The maximum atomic E-state index is 4.42. The molecule has 2 aliphatic rings. The minimum absolute atomic E-state index is 0.531. The van der Waals surface area contributed by atoms with Crippen molar-refractivity contribution in [2.24, 2.45) is 10.9 Å². The second-order valence-corrected chi connectivity index (χ2v) is 7.78. The highest BCUT2D eigenvalue weighted by Gasteiger charge is 2.23. The smallest absolute Gasteiger partial charge is 0.191 e. The fourth-order valence-electron chi connectivity index (χ4n) is 3.69. The molecule has 0 spiro atoms. The van der Waals surface area contributed by atoms with Gasteiger partial charge in [0.05, 0.1) is 5.00 Å². The van der Waals surface area contributed by atoms with Crippen LogP contribution in [0.2, 0.25) is 0 Å². The number of hydrogen-bond donors (Lipinski definition) is 2. The van der Waals surface area contributed by atoms with E-state index in [2.05, 4.69) is 49.9 Å². The van der Waals surface area contributed by atoms with Gasteiger partial charge in [-0.2, -0.15) is 0 Å². The molecule has 6 heteroatoms. The topological polar surface area (TPSA) is 42.9 Å². The molecule has 0 amide bonds. The van der Waals surface area contributed by atoms with Crippen LogP contribution in [0, 0.1) is 5.92 Å². The lowest BCUT2D eigenvalue weighted by Crippen LogP contribution is -2.49. The van der Waals surface area contributed by atoms with E-state index in [0.29, 0.717) is 6.04 Å². The van der Waals surface area contributed by atoms with Crippen molar-refractivity contribution in [1.82, 2.24) is 15.5 Å². The lowest BCUT2D eigenvalue weighted by molar-refractivity contribution is 0.341. The molecule has 134 valence electrons. The molecule has 0 bridgehead atoms. The molecule has 0 aliphatic carbocycles. The van der Waals surface area contributed by atoms with Crippen LogP contribution in [-0.2, 0) is 0 Å². The van der Waals surface area contributed by atoms with Gasteiger partial charge >= 0.3 is 0 Å². The molecule has 2 aliphatic heterocycles. The van der Waals surface area contributed by atoms with E-state index in [4.69, 9.17) is 0 Å². The van der Waals surface area contributed by atoms with Gasteiger partial charge in [-0.3, -0.25) is 4.99 Å². The lowest BCUT2D eigenvalue weighted by Gasteiger charge is -2.33. The number of rotatable bonds is 5. The van der Waals surface area contributed by atoms with E-state index < -0.39 is 0 Å². The molecule has 1 unspecified atom stereocenters. The summed E-state index contributed by atoms with van der Waals surface area (Å²) < 4.78 is 0. The van der Waals surface area contributed by atoms with Crippen molar-refractivity contribution in [3.05, 3.63) is 17.5 Å². The van der Waals surface area contributed by atoms with Gasteiger partial charge in [0.2, 0.25) is 0 Å². The van der Waals surface area contributed by atoms with Crippen molar-refractivity contribution >= 4 is 22.3 Å². The molecule has 2 fully saturated rings. The summed E-state index contributed by atoms with van der Waals surface area (Å²) in [5.41, 5.74) is 0. The highest BCUT2D eigenvalue weighted by Crippen LogP contribution is 2.24. The first-order valence-electron chi connectivity index (χ1n) is 9.26. The maximum absolute atomic E-state index is 4.42. The number of hydrogen-bond acceptors (Lipinski definition) is 4. The van der Waals surface area contributed by atoms with Gasteiger partial charge in [0, 0.05) is 39.3 Å². The van der Waals surface area contributed by atoms with Gasteiger partial charge in [-0.15, -0.1) is 11.3 Å². The molecule has 3 rings (SSSR count). The van der Waals surface area contributed by atoms with Crippen LogP contribution in [0.3, 0.4) is 0 Å². The van der Waals surface area contributed by atoms with Crippen LogP contribution in [0.15, 0.2) is 22.5 Å². The molecule has 2 saturated heterocycles. The van der Waals surface area contributed by atoms with Crippen molar-refractivity contribution in [1.29, 1.82) is 0 Å². The highest BCUT2D eigenvalue weighted by molar-refractivity contribution is 7.14. The summed E-state index contributed by atoms with van der Waals surface area (Å²) in [5.74, 6) is 1.73. The molecule has 0 saturated carbocycles. The van der Waals surface area contributed by atoms with Crippen LogP contribution in [0.25, 0.3) is 0 Å². The molecular formula is C18H31N5S. The predicted octanol–water partition coefficient (Wildman–Crippen LogP) is 2.22. The van der Waals surface area contributed by atoms with Gasteiger partial charge in [-0.25, -0.2) is 0 Å². The normalized spacial score (nSPS) is 23.7. The summed E-state index contributed by atoms with van der Waals surface area (Å²) in [5, 5.41) is 10.7. The molecule has 2 N–H and O–H groups in total. The molecule has 0 radical (unpaired) electrons. The standard InChI is InChI=1S/C18H31N5S/c1-3-22-9-6-15(14-22)13-20-18(19-2)21-16-7-10-23(11-8-16)17-5-4-12-24-17/h4-5,12,15-16H,3,6-11,13-14H2,1-2H3,(H2,19,20,21). The molecular weight excluding hydrogens is 318 g/mol. The molecule has 24 heavy (non-hydrogen) atoms. The van der Waals surface area contributed by atoms with Crippen LogP contribution in [-0.4, -0.2) is 63.2 Å². The van der Waals surface area contributed by atoms with Gasteiger partial charge in [-0.1, -0.05) is 6.92 Å². The summed E-state index contributed by atoms with van der Waals surface area (Å²) in [7, 11) is 1.88. The van der Waals surface area contributed by atoms with Gasteiger partial charge < -0.3 is 20.4 Å². The first kappa shape index (κ1) is 17.5. The molecule has 1 aromatic rings. The number of anilines is 1. The number of piperidine rings is 1. The summed E-state index contributed by atoms with van der Waals surface area (Å²) in [6, 6.07) is 4.89. The SMILES string of the molecule is CCN1CCC(CNC(=NC)NC2CCN(c3cccs3)CC2)C1. The van der Waals surface area contributed by atoms with E-state index >= 15 is 0 Å². The Labute approximate surface area is 150 Å². The van der Waals surface area contributed by atoms with Crippen LogP contribution in [0.4, 0.5) is 5.00 Å². The Morgan fingerprint density at radius 3 is 2.75 bits per heavy atom. The maximum Gasteiger partial charge on any atom is 0.191 e. The van der Waals surface area contributed by atoms with Crippen LogP contribution < -0.4 is 15.5 Å². The Bertz CT molecular complexity index is 507. The van der Waals surface area contributed by atoms with Gasteiger partial charge in [-0.05, 0) is 55.8 Å². The zero-order valence-electron chi connectivity index (χ0n) is 15.0. The van der Waals surface area contributed by atoms with Crippen LogP contribution in [0.1, 0.15) is 26.2 Å². The predicted molar refractivity (Wildman–Crippen MR) is 104 cm³/mol. The zero-order chi connectivity index (χ0) is 16.8. The summed E-state index contributed by atoms with van der Waals surface area (Å²) in [6.07, 6.45) is 3.65. The Morgan fingerprint density at radius 1 is 1.29 bits per heavy atom. The number of guanidine groups is 1. The van der Waals surface area contributed by atoms with E-state index in [1.807, 2.05) is 18.4 Å². The Hall–Kier alpha value is -1.27. The van der Waals surface area contributed by atoms with E-state index in [0.717, 1.165) is 31.5 Å². The van der Waals surface area contributed by atoms with Crippen molar-refractivity contribution in [2.75, 3.05) is 51.2 Å². The average Bonchev–Trinajstić information content (AvgIpc) is 3.30. The minimum Gasteiger partial charge on any atom is -0.363 e. The summed E-state index contributed by atoms with van der Waals surface area (Å²) in [4.78, 5) is 9.45. The highest BCUT2D eigenvalue weighted by atomic mass is 32.1. The number of likely N-dealkylation sites (tertiary alicyclic amines) is 1. The second kappa shape index (κ2) is 8.72. The Balaban J connectivity index is 1.38. The van der Waals surface area contributed by atoms with Crippen LogP contribution >= 0.6 is 11.3 Å². The zero-order valence-corrected chi connectivity index (χ0v) is 15.8. The monoisotopic (exact) mass is 349 g/mol. The first-order valence-corrected chi connectivity index (χ1v) is 10.1. The third-order valence-corrected chi connectivity index (χ3v) is 6.18. The number of nitrogens with zero attached hydrogens (tertiary/aromatic N) is 3. The fraction of sp³-hybridized carbons (Fsp3) is 0.722. The molecule has 3 heterocycles. The lowest BCUT2D eigenvalue weighted by atomic mass is 10.1. The van der Waals surface area contributed by atoms with Crippen LogP contribution in [0.5, 0.6) is 0 Å². The second-order valence-electron chi connectivity index (χ2n) is 6.86. The largest absolute Gasteiger partial charge is 0.363 e. The summed E-state index contributed by atoms with van der Waals surface area (Å²) in [6.45, 7) is 9.18. The Morgan fingerprint density at radius 2 is 2.12 bits per heavy atom. The molecule has 0 aromatic carbocycles. The fourth-order valence-corrected chi connectivity index (χ4v) is 4.48. The molecule has 1 atom stereocenters. The van der Waals surface area contributed by atoms with E-state index in [-0.39, 0.29) is 0 Å². The quantitative estimate of drug-likeness (QED) is 0.632. The van der Waals surface area contributed by atoms with Crippen molar-refractivity contribution in [3.8, 4) is 0 Å². The van der Waals surface area contributed by atoms with E-state index in [1.54, 1.807) is 0 Å². The van der Waals surface area contributed by atoms with Gasteiger partial charge in [0.1, 0.15) is 0 Å². The van der Waals surface area contributed by atoms with E-state index in [1.165, 1.54) is 43.9 Å². The number of thiophene rings is 1. The van der Waals surface area contributed by atoms with Gasteiger partial charge in [0.25, 0.3) is 0 Å². The van der Waals surface area contributed by atoms with Crippen molar-refractivity contribution in [3.63, 3.8) is 0 Å². The minimum atomic E-state index is 0.531. The van der Waals surface area contributed by atoms with Crippen molar-refractivity contribution in [2.45, 2.75) is 32.2 Å². The third kappa shape index (κ3) is 4.63. The van der Waals surface area contributed by atoms with E-state index in [9.17, 15) is 0 Å². The molecule has 1 aromatic heterocycles. The van der Waals surface area contributed by atoms with Gasteiger partial charge in [0.15, 0.2) is 5.96 Å². The van der Waals surface area contributed by atoms with Crippen molar-refractivity contribution < 1.29 is 0 Å². The third-order valence-electron chi connectivity index (χ3n) is 5.25. The molecule has 5 nitrogen and oxygen atoms in total.